The van der Waals surface area contributed by atoms with E-state index in [1.165, 1.54) is 18.5 Å². The average Bonchev–Trinajstić information content (AvgIpc) is 2.79. The number of rotatable bonds is 8. The maximum absolute atomic E-state index is 12.9. The number of benzene rings is 2. The van der Waals surface area contributed by atoms with E-state index < -0.39 is 0 Å². The second-order valence-corrected chi connectivity index (χ2v) is 9.37. The van der Waals surface area contributed by atoms with Gasteiger partial charge in [-0.1, -0.05) is 57.2 Å². The number of nitrogens with zero attached hydrogens (tertiary/aromatic N) is 1. The number of anilines is 1. The standard InChI is InChI=1S/C28H36N2O3/c1-5-10-24(23-11-7-8-12-25(23)30-18-9-17-28(3,4)20-30)29-26(31)19-21-13-15-22(16-14-21)27(32)33-6-2/h7-8,10-16H,5-6,9,17-20H2,1-4H3,(H,29,31)/b24-10+. The summed E-state index contributed by atoms with van der Waals surface area (Å²) in [4.78, 5) is 27.2. The largest absolute Gasteiger partial charge is 0.462 e. The Morgan fingerprint density at radius 1 is 1.09 bits per heavy atom. The summed E-state index contributed by atoms with van der Waals surface area (Å²) in [5.74, 6) is -0.425. The first-order valence-corrected chi connectivity index (χ1v) is 11.9. The summed E-state index contributed by atoms with van der Waals surface area (Å²) < 4.78 is 5.02. The number of nitrogens with one attached hydrogen (secondary N) is 1. The first kappa shape index (κ1) is 24.6. The Bertz CT molecular complexity index is 992. The van der Waals surface area contributed by atoms with Gasteiger partial charge in [0, 0.05) is 30.0 Å². The molecule has 1 N–H and O–H groups in total. The van der Waals surface area contributed by atoms with Crippen LogP contribution in [0.1, 0.15) is 68.4 Å². The first-order chi connectivity index (χ1) is 15.8. The van der Waals surface area contributed by atoms with E-state index in [2.05, 4.69) is 55.3 Å². The highest BCUT2D eigenvalue weighted by molar-refractivity contribution is 5.91. The van der Waals surface area contributed by atoms with E-state index in [1.807, 2.05) is 6.07 Å². The number of piperidine rings is 1. The normalized spacial score (nSPS) is 15.8. The van der Waals surface area contributed by atoms with Crippen molar-refractivity contribution >= 4 is 23.3 Å². The number of carbonyl (C=O) groups is 2. The van der Waals surface area contributed by atoms with E-state index in [0.29, 0.717) is 12.2 Å². The fourth-order valence-electron chi connectivity index (χ4n) is 4.39. The molecule has 2 aromatic rings. The molecule has 1 heterocycles. The number of para-hydroxylation sites is 1. The third-order valence-corrected chi connectivity index (χ3v) is 5.95. The predicted octanol–water partition coefficient (Wildman–Crippen LogP) is 5.60. The van der Waals surface area contributed by atoms with E-state index in [9.17, 15) is 9.59 Å². The van der Waals surface area contributed by atoms with E-state index >= 15 is 0 Å². The summed E-state index contributed by atoms with van der Waals surface area (Å²) in [6, 6.07) is 15.4. The van der Waals surface area contributed by atoms with E-state index in [0.717, 1.165) is 36.3 Å². The molecule has 176 valence electrons. The average molecular weight is 449 g/mol. The monoisotopic (exact) mass is 448 g/mol. The maximum Gasteiger partial charge on any atom is 0.338 e. The summed E-state index contributed by atoms with van der Waals surface area (Å²) >= 11 is 0. The molecular formula is C28H36N2O3. The Hall–Kier alpha value is -3.08. The van der Waals surface area contributed by atoms with E-state index in [1.54, 1.807) is 31.2 Å². The smallest absolute Gasteiger partial charge is 0.338 e. The van der Waals surface area contributed by atoms with Crippen LogP contribution in [0, 0.1) is 5.41 Å². The number of ether oxygens (including phenoxy) is 1. The molecule has 0 unspecified atom stereocenters. The van der Waals surface area contributed by atoms with Gasteiger partial charge in [0.25, 0.3) is 0 Å². The van der Waals surface area contributed by atoms with Crippen molar-refractivity contribution in [1.29, 1.82) is 0 Å². The lowest BCUT2D eigenvalue weighted by Gasteiger charge is -2.40. The van der Waals surface area contributed by atoms with Crippen LogP contribution in [0.3, 0.4) is 0 Å². The lowest BCUT2D eigenvalue weighted by molar-refractivity contribution is -0.119. The Morgan fingerprint density at radius 2 is 1.82 bits per heavy atom. The highest BCUT2D eigenvalue weighted by Gasteiger charge is 2.28. The van der Waals surface area contributed by atoms with Gasteiger partial charge in [-0.25, -0.2) is 4.79 Å². The van der Waals surface area contributed by atoms with Crippen LogP contribution in [0.15, 0.2) is 54.6 Å². The second kappa shape index (κ2) is 11.2. The molecular weight excluding hydrogens is 412 g/mol. The van der Waals surface area contributed by atoms with Gasteiger partial charge in [0.2, 0.25) is 5.91 Å². The fourth-order valence-corrected chi connectivity index (χ4v) is 4.39. The van der Waals surface area contributed by atoms with E-state index in [4.69, 9.17) is 4.74 Å². The van der Waals surface area contributed by atoms with Crippen LogP contribution in [0.25, 0.3) is 5.70 Å². The molecule has 0 spiro atoms. The molecule has 1 saturated heterocycles. The number of esters is 1. The zero-order chi connectivity index (χ0) is 23.8. The van der Waals surface area contributed by atoms with Crippen LogP contribution in [-0.4, -0.2) is 31.6 Å². The van der Waals surface area contributed by atoms with Crippen LogP contribution in [0.2, 0.25) is 0 Å². The number of amides is 1. The lowest BCUT2D eigenvalue weighted by atomic mass is 9.83. The lowest BCUT2D eigenvalue weighted by Crippen LogP contribution is -2.40. The Morgan fingerprint density at radius 3 is 2.48 bits per heavy atom. The zero-order valence-electron chi connectivity index (χ0n) is 20.3. The molecule has 5 heteroatoms. The molecule has 0 radical (unpaired) electrons. The highest BCUT2D eigenvalue weighted by atomic mass is 16.5. The Labute approximate surface area is 197 Å². The Kier molecular flexibility index (Phi) is 8.32. The first-order valence-electron chi connectivity index (χ1n) is 11.9. The van der Waals surface area contributed by atoms with Crippen molar-refractivity contribution in [2.24, 2.45) is 5.41 Å². The second-order valence-electron chi connectivity index (χ2n) is 9.37. The van der Waals surface area contributed by atoms with Crippen LogP contribution in [0.4, 0.5) is 5.69 Å². The molecule has 0 aliphatic carbocycles. The molecule has 33 heavy (non-hydrogen) atoms. The minimum absolute atomic E-state index is 0.0765. The molecule has 3 rings (SSSR count). The zero-order valence-corrected chi connectivity index (χ0v) is 20.3. The molecule has 1 fully saturated rings. The predicted molar refractivity (Wildman–Crippen MR) is 134 cm³/mol. The molecule has 2 aromatic carbocycles. The molecule has 0 atom stereocenters. The van der Waals surface area contributed by atoms with Crippen molar-refractivity contribution in [2.45, 2.75) is 53.4 Å². The molecule has 1 aliphatic rings. The van der Waals surface area contributed by atoms with Crippen molar-refractivity contribution in [2.75, 3.05) is 24.6 Å². The summed E-state index contributed by atoms with van der Waals surface area (Å²) in [7, 11) is 0. The van der Waals surface area contributed by atoms with Crippen molar-refractivity contribution in [3.05, 3.63) is 71.3 Å². The van der Waals surface area contributed by atoms with Gasteiger partial charge in [0.05, 0.1) is 18.6 Å². The van der Waals surface area contributed by atoms with Crippen molar-refractivity contribution in [3.8, 4) is 0 Å². The SMILES string of the molecule is CC/C=C(/NC(=O)Cc1ccc(C(=O)OCC)cc1)c1ccccc1N1CCCC(C)(C)C1. The highest BCUT2D eigenvalue weighted by Crippen LogP contribution is 2.34. The van der Waals surface area contributed by atoms with Gasteiger partial charge in [-0.15, -0.1) is 0 Å². The third kappa shape index (κ3) is 6.70. The quantitative estimate of drug-likeness (QED) is 0.534. The minimum atomic E-state index is -0.348. The summed E-state index contributed by atoms with van der Waals surface area (Å²) in [6.07, 6.45) is 5.54. The van der Waals surface area contributed by atoms with Gasteiger partial charge in [0.15, 0.2) is 0 Å². The van der Waals surface area contributed by atoms with Gasteiger partial charge < -0.3 is 15.0 Å². The minimum Gasteiger partial charge on any atom is -0.462 e. The van der Waals surface area contributed by atoms with Gasteiger partial charge in [0.1, 0.15) is 0 Å². The summed E-state index contributed by atoms with van der Waals surface area (Å²) in [6.45, 7) is 10.9. The van der Waals surface area contributed by atoms with Crippen LogP contribution in [0.5, 0.6) is 0 Å². The summed E-state index contributed by atoms with van der Waals surface area (Å²) in [5, 5.41) is 3.14. The number of carbonyl (C=O) groups excluding carboxylic acids is 2. The number of hydrogen-bond acceptors (Lipinski definition) is 4. The van der Waals surface area contributed by atoms with Crippen molar-refractivity contribution in [1.82, 2.24) is 5.32 Å². The van der Waals surface area contributed by atoms with Crippen LogP contribution < -0.4 is 10.2 Å². The number of hydrogen-bond donors (Lipinski definition) is 1. The van der Waals surface area contributed by atoms with Crippen molar-refractivity contribution < 1.29 is 14.3 Å². The van der Waals surface area contributed by atoms with Crippen molar-refractivity contribution in [3.63, 3.8) is 0 Å². The molecule has 1 amide bonds. The van der Waals surface area contributed by atoms with Gasteiger partial charge in [-0.2, -0.15) is 0 Å². The third-order valence-electron chi connectivity index (χ3n) is 5.95. The fraction of sp³-hybridized carbons (Fsp3) is 0.429. The topological polar surface area (TPSA) is 58.6 Å². The van der Waals surface area contributed by atoms with Crippen LogP contribution >= 0.6 is 0 Å². The van der Waals surface area contributed by atoms with E-state index in [-0.39, 0.29) is 23.7 Å². The molecule has 0 bridgehead atoms. The molecule has 0 saturated carbocycles. The molecule has 5 nitrogen and oxygen atoms in total. The number of allylic oxidation sites excluding steroid dienone is 1. The molecule has 0 aromatic heterocycles. The van der Waals surface area contributed by atoms with Gasteiger partial charge in [-0.3, -0.25) is 4.79 Å². The maximum atomic E-state index is 12.9. The van der Waals surface area contributed by atoms with Gasteiger partial charge >= 0.3 is 5.97 Å². The molecule has 1 aliphatic heterocycles. The Balaban J connectivity index is 1.75. The van der Waals surface area contributed by atoms with Gasteiger partial charge in [-0.05, 0) is 55.4 Å². The van der Waals surface area contributed by atoms with Crippen LogP contribution in [-0.2, 0) is 16.0 Å². The summed E-state index contributed by atoms with van der Waals surface area (Å²) in [5.41, 5.74) is 4.70.